The standard InChI is InChI=1S/C16H21FO2.CO2/c17-13-15(12-14-4-2-1-3-5-14)6-8-16(9-7-15)18-10-11-19-16;2-1-3/h1-5H,6-13H2;. The molecule has 1 aliphatic heterocycles. The minimum absolute atomic E-state index is 0.220. The van der Waals surface area contributed by atoms with Gasteiger partial charge < -0.3 is 9.47 Å². The minimum atomic E-state index is -0.393. The van der Waals surface area contributed by atoms with Crippen LogP contribution < -0.4 is 0 Å². The van der Waals surface area contributed by atoms with Gasteiger partial charge in [-0.2, -0.15) is 9.59 Å². The summed E-state index contributed by atoms with van der Waals surface area (Å²) in [5.74, 6) is -0.393. The lowest BCUT2D eigenvalue weighted by atomic mass is 9.69. The highest BCUT2D eigenvalue weighted by molar-refractivity contribution is 5.20. The largest absolute Gasteiger partial charge is 0.373 e. The van der Waals surface area contributed by atoms with Gasteiger partial charge in [0.2, 0.25) is 0 Å². The SMILES string of the molecule is FCC1(Cc2ccccc2)CCC2(CC1)OCCO2.O=C=O. The molecule has 4 nitrogen and oxygen atoms in total. The molecule has 0 atom stereocenters. The van der Waals surface area contributed by atoms with E-state index in [1.807, 2.05) is 18.2 Å². The fourth-order valence-corrected chi connectivity index (χ4v) is 3.33. The van der Waals surface area contributed by atoms with Crippen molar-refractivity contribution in [3.63, 3.8) is 0 Å². The number of ether oxygens (including phenoxy) is 2. The summed E-state index contributed by atoms with van der Waals surface area (Å²) in [6, 6.07) is 10.2. The van der Waals surface area contributed by atoms with Gasteiger partial charge >= 0.3 is 6.15 Å². The number of carbonyl (C=O) groups excluding carboxylic acids is 2. The first-order chi connectivity index (χ1) is 10.7. The molecule has 2 fully saturated rings. The molecule has 0 amide bonds. The smallest absolute Gasteiger partial charge is 0.348 e. The first kappa shape index (κ1) is 16.8. The molecule has 1 aromatic carbocycles. The van der Waals surface area contributed by atoms with Gasteiger partial charge in [-0.25, -0.2) is 0 Å². The van der Waals surface area contributed by atoms with E-state index in [-0.39, 0.29) is 18.2 Å². The highest BCUT2D eigenvalue weighted by Crippen LogP contribution is 2.46. The molecule has 22 heavy (non-hydrogen) atoms. The van der Waals surface area contributed by atoms with E-state index in [2.05, 4.69) is 12.1 Å². The van der Waals surface area contributed by atoms with E-state index >= 15 is 0 Å². The molecule has 0 radical (unpaired) electrons. The third-order valence-electron chi connectivity index (χ3n) is 4.59. The molecule has 1 aromatic rings. The molecular weight excluding hydrogens is 287 g/mol. The molecule has 0 aromatic heterocycles. The first-order valence-corrected chi connectivity index (χ1v) is 7.55. The van der Waals surface area contributed by atoms with Crippen molar-refractivity contribution in [2.75, 3.05) is 19.9 Å². The van der Waals surface area contributed by atoms with E-state index in [0.29, 0.717) is 13.2 Å². The first-order valence-electron chi connectivity index (χ1n) is 7.55. The maximum absolute atomic E-state index is 13.6. The van der Waals surface area contributed by atoms with Crippen LogP contribution in [0.5, 0.6) is 0 Å². The third kappa shape index (κ3) is 4.01. The Morgan fingerprint density at radius 1 is 1.00 bits per heavy atom. The average Bonchev–Trinajstić information content (AvgIpc) is 3.01. The molecule has 1 saturated heterocycles. The van der Waals surface area contributed by atoms with Gasteiger partial charge in [-0.05, 0) is 24.8 Å². The Morgan fingerprint density at radius 3 is 2.05 bits per heavy atom. The van der Waals surface area contributed by atoms with E-state index in [1.165, 1.54) is 5.56 Å². The Bertz CT molecular complexity index is 481. The molecule has 1 heterocycles. The number of alkyl halides is 1. The van der Waals surface area contributed by atoms with Gasteiger partial charge in [0, 0.05) is 18.3 Å². The molecule has 5 heteroatoms. The second-order valence-corrected chi connectivity index (χ2v) is 5.99. The van der Waals surface area contributed by atoms with Crippen molar-refractivity contribution in [1.82, 2.24) is 0 Å². The Kier molecular flexibility index (Phi) is 5.83. The lowest BCUT2D eigenvalue weighted by Gasteiger charge is -2.42. The maximum atomic E-state index is 13.6. The summed E-state index contributed by atoms with van der Waals surface area (Å²) < 4.78 is 25.1. The summed E-state index contributed by atoms with van der Waals surface area (Å²) in [5.41, 5.74) is 1.01. The third-order valence-corrected chi connectivity index (χ3v) is 4.59. The number of hydrogen-bond donors (Lipinski definition) is 0. The summed E-state index contributed by atoms with van der Waals surface area (Å²) in [7, 11) is 0. The fraction of sp³-hybridized carbons (Fsp3) is 0.588. The van der Waals surface area contributed by atoms with Gasteiger partial charge in [0.25, 0.3) is 0 Å². The number of hydrogen-bond acceptors (Lipinski definition) is 4. The van der Waals surface area contributed by atoms with E-state index < -0.39 is 5.79 Å². The van der Waals surface area contributed by atoms with Crippen molar-refractivity contribution in [3.8, 4) is 0 Å². The van der Waals surface area contributed by atoms with Gasteiger partial charge in [0.15, 0.2) is 5.79 Å². The van der Waals surface area contributed by atoms with Crippen LogP contribution in [0.3, 0.4) is 0 Å². The lowest BCUT2D eigenvalue weighted by Crippen LogP contribution is -2.42. The molecule has 2 aliphatic rings. The van der Waals surface area contributed by atoms with Crippen LogP contribution in [-0.2, 0) is 25.5 Å². The van der Waals surface area contributed by atoms with Crippen LogP contribution in [0.2, 0.25) is 0 Å². The zero-order chi connectivity index (χ0) is 15.9. The van der Waals surface area contributed by atoms with Gasteiger partial charge in [0.1, 0.15) is 0 Å². The molecule has 0 bridgehead atoms. The number of benzene rings is 1. The lowest BCUT2D eigenvalue weighted by molar-refractivity contribution is -0.193. The number of halogens is 1. The van der Waals surface area contributed by atoms with Crippen molar-refractivity contribution in [2.24, 2.45) is 5.41 Å². The van der Waals surface area contributed by atoms with Crippen LogP contribution >= 0.6 is 0 Å². The molecule has 0 unspecified atom stereocenters. The summed E-state index contributed by atoms with van der Waals surface area (Å²) in [4.78, 5) is 16.2. The molecular formula is C17H21FO4. The second kappa shape index (κ2) is 7.63. The van der Waals surface area contributed by atoms with E-state index in [4.69, 9.17) is 19.1 Å². The van der Waals surface area contributed by atoms with E-state index in [0.717, 1.165) is 32.1 Å². The highest BCUT2D eigenvalue weighted by atomic mass is 19.1. The topological polar surface area (TPSA) is 52.6 Å². The zero-order valence-corrected chi connectivity index (χ0v) is 12.6. The van der Waals surface area contributed by atoms with Crippen molar-refractivity contribution in [2.45, 2.75) is 37.9 Å². The summed E-state index contributed by atoms with van der Waals surface area (Å²) >= 11 is 0. The quantitative estimate of drug-likeness (QED) is 0.861. The summed E-state index contributed by atoms with van der Waals surface area (Å²) in [5, 5.41) is 0. The van der Waals surface area contributed by atoms with Crippen LogP contribution in [-0.4, -0.2) is 31.8 Å². The van der Waals surface area contributed by atoms with Gasteiger partial charge in [-0.3, -0.25) is 4.39 Å². The molecule has 1 spiro atoms. The van der Waals surface area contributed by atoms with Crippen LogP contribution in [0.4, 0.5) is 4.39 Å². The van der Waals surface area contributed by atoms with Crippen LogP contribution in [0.1, 0.15) is 31.2 Å². The van der Waals surface area contributed by atoms with Crippen LogP contribution in [0, 0.1) is 5.41 Å². The van der Waals surface area contributed by atoms with Gasteiger partial charge in [-0.15, -0.1) is 0 Å². The summed E-state index contributed by atoms with van der Waals surface area (Å²) in [6.07, 6.45) is 4.41. The Balaban J connectivity index is 0.000000545. The van der Waals surface area contributed by atoms with Crippen molar-refractivity contribution in [1.29, 1.82) is 0 Å². The molecule has 1 saturated carbocycles. The van der Waals surface area contributed by atoms with Crippen LogP contribution in [0.25, 0.3) is 0 Å². The fourth-order valence-electron chi connectivity index (χ4n) is 3.33. The Morgan fingerprint density at radius 2 is 1.55 bits per heavy atom. The minimum Gasteiger partial charge on any atom is -0.348 e. The van der Waals surface area contributed by atoms with Crippen molar-refractivity contribution >= 4 is 6.15 Å². The highest BCUT2D eigenvalue weighted by Gasteiger charge is 2.46. The van der Waals surface area contributed by atoms with Crippen molar-refractivity contribution in [3.05, 3.63) is 35.9 Å². The predicted octanol–water partition coefficient (Wildman–Crippen LogP) is 2.92. The maximum Gasteiger partial charge on any atom is 0.373 e. The van der Waals surface area contributed by atoms with E-state index in [9.17, 15) is 4.39 Å². The normalized spacial score (nSPS) is 21.7. The predicted molar refractivity (Wildman–Crippen MR) is 76.7 cm³/mol. The second-order valence-electron chi connectivity index (χ2n) is 5.99. The molecule has 3 rings (SSSR count). The van der Waals surface area contributed by atoms with Gasteiger partial charge in [0.05, 0.1) is 19.9 Å². The molecule has 0 N–H and O–H groups in total. The monoisotopic (exact) mass is 308 g/mol. The Labute approximate surface area is 129 Å². The molecule has 120 valence electrons. The van der Waals surface area contributed by atoms with E-state index in [1.54, 1.807) is 0 Å². The Hall–Kier alpha value is -1.55. The average molecular weight is 308 g/mol. The molecule has 1 aliphatic carbocycles. The van der Waals surface area contributed by atoms with Crippen LogP contribution in [0.15, 0.2) is 30.3 Å². The zero-order valence-electron chi connectivity index (χ0n) is 12.6. The summed E-state index contributed by atoms with van der Waals surface area (Å²) in [6.45, 7) is 1.11. The van der Waals surface area contributed by atoms with Gasteiger partial charge in [-0.1, -0.05) is 30.3 Å². The number of rotatable bonds is 3. The van der Waals surface area contributed by atoms with Crippen molar-refractivity contribution < 1.29 is 23.5 Å².